The lowest BCUT2D eigenvalue weighted by molar-refractivity contribution is 0.415. The molecule has 2 N–H and O–H groups in total. The van der Waals surface area contributed by atoms with Gasteiger partial charge in [-0.2, -0.15) is 5.10 Å². The second-order valence-corrected chi connectivity index (χ2v) is 5.49. The van der Waals surface area contributed by atoms with E-state index in [1.165, 1.54) is 0 Å². The Bertz CT molecular complexity index is 570. The van der Waals surface area contributed by atoms with Crippen molar-refractivity contribution in [2.45, 2.75) is 26.7 Å². The fourth-order valence-electron chi connectivity index (χ4n) is 2.27. The summed E-state index contributed by atoms with van der Waals surface area (Å²) in [7, 11) is 3.56. The minimum absolute atomic E-state index is 0.655. The summed E-state index contributed by atoms with van der Waals surface area (Å²) in [6, 6.07) is 7.97. The number of nitrogens with zero attached hydrogens (tertiary/aromatic N) is 2. The van der Waals surface area contributed by atoms with Crippen LogP contribution in [0.25, 0.3) is 11.1 Å². The Balaban J connectivity index is 2.37. The zero-order valence-corrected chi connectivity index (χ0v) is 12.7. The van der Waals surface area contributed by atoms with Crippen LogP contribution in [0.5, 0.6) is 5.75 Å². The molecule has 0 fully saturated rings. The van der Waals surface area contributed by atoms with Gasteiger partial charge in [0.05, 0.1) is 12.8 Å². The van der Waals surface area contributed by atoms with Gasteiger partial charge in [-0.25, -0.2) is 0 Å². The summed E-state index contributed by atoms with van der Waals surface area (Å²) < 4.78 is 6.96. The van der Waals surface area contributed by atoms with E-state index in [0.717, 1.165) is 35.4 Å². The van der Waals surface area contributed by atoms with Crippen molar-refractivity contribution >= 4 is 5.82 Å². The molecule has 0 saturated carbocycles. The van der Waals surface area contributed by atoms with Crippen molar-refractivity contribution in [1.82, 2.24) is 9.78 Å². The number of ether oxygens (including phenoxy) is 1. The number of benzene rings is 1. The van der Waals surface area contributed by atoms with Crippen LogP contribution in [0.15, 0.2) is 24.3 Å². The topological polar surface area (TPSA) is 53.1 Å². The van der Waals surface area contributed by atoms with Crippen molar-refractivity contribution in [3.63, 3.8) is 0 Å². The van der Waals surface area contributed by atoms with Crippen molar-refractivity contribution in [1.29, 1.82) is 0 Å². The molecule has 0 unspecified atom stereocenters. The maximum atomic E-state index is 6.18. The van der Waals surface area contributed by atoms with Gasteiger partial charge in [0, 0.05) is 12.6 Å². The van der Waals surface area contributed by atoms with Crippen LogP contribution >= 0.6 is 0 Å². The van der Waals surface area contributed by atoms with Gasteiger partial charge in [0.1, 0.15) is 11.6 Å². The van der Waals surface area contributed by atoms with E-state index in [1.807, 2.05) is 31.3 Å². The van der Waals surface area contributed by atoms with Gasteiger partial charge in [-0.3, -0.25) is 4.68 Å². The number of anilines is 1. The van der Waals surface area contributed by atoms with Crippen molar-refractivity contribution < 1.29 is 4.74 Å². The molecule has 1 heterocycles. The Hall–Kier alpha value is -1.97. The molecule has 0 spiro atoms. The van der Waals surface area contributed by atoms with Crippen LogP contribution in [0.3, 0.4) is 0 Å². The fraction of sp³-hybridized carbons (Fsp3) is 0.438. The molecule has 1 aromatic heterocycles. The van der Waals surface area contributed by atoms with Gasteiger partial charge in [0.2, 0.25) is 0 Å². The average molecular weight is 273 g/mol. The van der Waals surface area contributed by atoms with Crippen LogP contribution in [0.2, 0.25) is 0 Å². The van der Waals surface area contributed by atoms with Crippen molar-refractivity contribution in [2.24, 2.45) is 13.0 Å². The van der Waals surface area contributed by atoms with Gasteiger partial charge >= 0.3 is 0 Å². The lowest BCUT2D eigenvalue weighted by Gasteiger charge is -2.07. The Kier molecular flexibility index (Phi) is 4.32. The van der Waals surface area contributed by atoms with Gasteiger partial charge in [0.25, 0.3) is 0 Å². The summed E-state index contributed by atoms with van der Waals surface area (Å²) in [5.41, 5.74) is 9.40. The fourth-order valence-corrected chi connectivity index (χ4v) is 2.27. The summed E-state index contributed by atoms with van der Waals surface area (Å²) >= 11 is 0. The normalized spacial score (nSPS) is 11.1. The van der Waals surface area contributed by atoms with E-state index >= 15 is 0 Å². The van der Waals surface area contributed by atoms with Crippen LogP contribution in [0, 0.1) is 5.92 Å². The predicted octanol–water partition coefficient (Wildman–Crippen LogP) is 3.27. The molecule has 2 rings (SSSR count). The molecule has 0 amide bonds. The maximum absolute atomic E-state index is 6.18. The molecule has 4 nitrogen and oxygen atoms in total. The zero-order chi connectivity index (χ0) is 14.7. The molecular weight excluding hydrogens is 250 g/mol. The third kappa shape index (κ3) is 2.95. The molecule has 0 atom stereocenters. The smallest absolute Gasteiger partial charge is 0.129 e. The molecule has 1 aromatic carbocycles. The van der Waals surface area contributed by atoms with Crippen molar-refractivity contribution in [3.05, 3.63) is 30.0 Å². The largest absolute Gasteiger partial charge is 0.497 e. The Morgan fingerprint density at radius 3 is 2.45 bits per heavy atom. The number of aromatic nitrogens is 2. The van der Waals surface area contributed by atoms with E-state index in [0.29, 0.717) is 11.7 Å². The molecule has 0 aliphatic heterocycles. The molecule has 4 heteroatoms. The van der Waals surface area contributed by atoms with Crippen LogP contribution < -0.4 is 10.5 Å². The van der Waals surface area contributed by atoms with Gasteiger partial charge < -0.3 is 10.5 Å². The Labute approximate surface area is 120 Å². The Morgan fingerprint density at radius 1 is 1.25 bits per heavy atom. The summed E-state index contributed by atoms with van der Waals surface area (Å²) in [5, 5.41) is 4.56. The zero-order valence-electron chi connectivity index (χ0n) is 12.7. The first-order chi connectivity index (χ1) is 9.52. The highest BCUT2D eigenvalue weighted by atomic mass is 16.5. The number of nitrogen functional groups attached to an aromatic ring is 1. The van der Waals surface area contributed by atoms with E-state index in [9.17, 15) is 0 Å². The van der Waals surface area contributed by atoms with E-state index in [2.05, 4.69) is 18.9 Å². The third-order valence-corrected chi connectivity index (χ3v) is 3.50. The summed E-state index contributed by atoms with van der Waals surface area (Å²) in [5.74, 6) is 2.22. The summed E-state index contributed by atoms with van der Waals surface area (Å²) in [6.07, 6.45) is 2.06. The molecule has 0 radical (unpaired) electrons. The lowest BCUT2D eigenvalue weighted by Crippen LogP contribution is -1.98. The van der Waals surface area contributed by atoms with Crippen LogP contribution in [-0.4, -0.2) is 16.9 Å². The number of hydrogen-bond acceptors (Lipinski definition) is 3. The molecule has 0 aliphatic carbocycles. The Morgan fingerprint density at radius 2 is 1.90 bits per heavy atom. The second kappa shape index (κ2) is 5.99. The minimum atomic E-state index is 0.655. The maximum Gasteiger partial charge on any atom is 0.129 e. The van der Waals surface area contributed by atoms with Crippen molar-refractivity contribution in [3.8, 4) is 16.9 Å². The minimum Gasteiger partial charge on any atom is -0.497 e. The first kappa shape index (κ1) is 14.4. The third-order valence-electron chi connectivity index (χ3n) is 3.50. The van der Waals surface area contributed by atoms with E-state index < -0.39 is 0 Å². The van der Waals surface area contributed by atoms with Crippen LogP contribution in [0.1, 0.15) is 26.0 Å². The summed E-state index contributed by atoms with van der Waals surface area (Å²) in [4.78, 5) is 0. The number of nitrogens with two attached hydrogens (primary N) is 1. The molecule has 0 saturated heterocycles. The average Bonchev–Trinajstić information content (AvgIpc) is 2.72. The standard InChI is InChI=1S/C16H23N3O/c1-11(2)5-10-14-15(16(17)19(3)18-14)12-6-8-13(20-4)9-7-12/h6-9,11H,5,10,17H2,1-4H3. The lowest BCUT2D eigenvalue weighted by atomic mass is 10.00. The van der Waals surface area contributed by atoms with E-state index in [-0.39, 0.29) is 0 Å². The van der Waals surface area contributed by atoms with Gasteiger partial charge in [0.15, 0.2) is 0 Å². The number of rotatable bonds is 5. The summed E-state index contributed by atoms with van der Waals surface area (Å²) in [6.45, 7) is 4.44. The first-order valence-corrected chi connectivity index (χ1v) is 6.98. The van der Waals surface area contributed by atoms with Gasteiger partial charge in [-0.05, 0) is 36.5 Å². The molecule has 108 valence electrons. The highest BCUT2D eigenvalue weighted by Crippen LogP contribution is 2.31. The first-order valence-electron chi connectivity index (χ1n) is 6.98. The number of hydrogen-bond donors (Lipinski definition) is 1. The van der Waals surface area contributed by atoms with Gasteiger partial charge in [-0.15, -0.1) is 0 Å². The van der Waals surface area contributed by atoms with Gasteiger partial charge in [-0.1, -0.05) is 26.0 Å². The predicted molar refractivity (Wildman–Crippen MR) is 82.8 cm³/mol. The molecule has 0 aliphatic rings. The number of methoxy groups -OCH3 is 1. The molecule has 2 aromatic rings. The monoisotopic (exact) mass is 273 g/mol. The van der Waals surface area contributed by atoms with Crippen LogP contribution in [-0.2, 0) is 13.5 Å². The quantitative estimate of drug-likeness (QED) is 0.909. The number of aryl methyl sites for hydroxylation is 2. The molecule has 20 heavy (non-hydrogen) atoms. The molecular formula is C16H23N3O. The van der Waals surface area contributed by atoms with Crippen molar-refractivity contribution in [2.75, 3.05) is 12.8 Å². The van der Waals surface area contributed by atoms with E-state index in [1.54, 1.807) is 11.8 Å². The SMILES string of the molecule is COc1ccc(-c2c(CCC(C)C)nn(C)c2N)cc1. The second-order valence-electron chi connectivity index (χ2n) is 5.49. The van der Waals surface area contributed by atoms with Crippen LogP contribution in [0.4, 0.5) is 5.82 Å². The highest BCUT2D eigenvalue weighted by molar-refractivity contribution is 5.77. The highest BCUT2D eigenvalue weighted by Gasteiger charge is 2.15. The van der Waals surface area contributed by atoms with E-state index in [4.69, 9.17) is 10.5 Å². The molecule has 0 bridgehead atoms.